The first-order valence-corrected chi connectivity index (χ1v) is 8.69. The molecule has 1 saturated carbocycles. The van der Waals surface area contributed by atoms with Crippen molar-refractivity contribution in [3.8, 4) is 0 Å². The quantitative estimate of drug-likeness (QED) is 0.908. The minimum atomic E-state index is -0.338. The second-order valence-corrected chi connectivity index (χ2v) is 7.19. The lowest BCUT2D eigenvalue weighted by atomic mass is 9.75. The molecule has 2 nitrogen and oxygen atoms in total. The molecule has 21 heavy (non-hydrogen) atoms. The summed E-state index contributed by atoms with van der Waals surface area (Å²) >= 11 is 0. The van der Waals surface area contributed by atoms with Gasteiger partial charge in [0.1, 0.15) is 0 Å². The van der Waals surface area contributed by atoms with E-state index in [9.17, 15) is 5.11 Å². The Kier molecular flexibility index (Phi) is 4.97. The number of rotatable bonds is 4. The van der Waals surface area contributed by atoms with Crippen LogP contribution in [0.1, 0.15) is 50.7 Å². The Morgan fingerprint density at radius 1 is 1.10 bits per heavy atom. The van der Waals surface area contributed by atoms with Gasteiger partial charge < -0.3 is 10.0 Å². The normalized spacial score (nSPS) is 29.6. The van der Waals surface area contributed by atoms with Crippen LogP contribution in [0.4, 0.5) is 0 Å². The number of piperidine rings is 1. The largest absolute Gasteiger partial charge is 0.388 e. The Morgan fingerprint density at radius 3 is 2.57 bits per heavy atom. The molecule has 1 aromatic carbocycles. The second kappa shape index (κ2) is 6.93. The molecule has 1 aliphatic heterocycles. The summed E-state index contributed by atoms with van der Waals surface area (Å²) in [4.78, 5) is 2.60. The first kappa shape index (κ1) is 15.1. The van der Waals surface area contributed by atoms with Crippen molar-refractivity contribution in [3.05, 3.63) is 35.9 Å². The van der Waals surface area contributed by atoms with Crippen molar-refractivity contribution < 1.29 is 5.11 Å². The topological polar surface area (TPSA) is 23.5 Å². The summed E-state index contributed by atoms with van der Waals surface area (Å²) in [7, 11) is 0. The predicted molar refractivity (Wildman–Crippen MR) is 87.1 cm³/mol. The Labute approximate surface area is 129 Å². The summed E-state index contributed by atoms with van der Waals surface area (Å²) in [6.45, 7) is 5.70. The molecule has 1 aliphatic carbocycles. The minimum absolute atomic E-state index is 0.299. The average Bonchev–Trinajstić information content (AvgIpc) is 2.55. The molecule has 4 atom stereocenters. The zero-order valence-corrected chi connectivity index (χ0v) is 13.2. The van der Waals surface area contributed by atoms with Gasteiger partial charge >= 0.3 is 0 Å². The SMILES string of the molecule is CC(CN1CCC2CCCCC2C1)C(O)c1ccccc1. The number of fused-ring (bicyclic) bond motifs is 1. The van der Waals surface area contributed by atoms with E-state index in [-0.39, 0.29) is 6.10 Å². The van der Waals surface area contributed by atoms with Crippen molar-refractivity contribution in [1.29, 1.82) is 0 Å². The van der Waals surface area contributed by atoms with Crippen molar-refractivity contribution >= 4 is 0 Å². The third-order valence-electron chi connectivity index (χ3n) is 5.60. The van der Waals surface area contributed by atoms with Crippen molar-refractivity contribution in [2.24, 2.45) is 17.8 Å². The van der Waals surface area contributed by atoms with Crippen LogP contribution >= 0.6 is 0 Å². The van der Waals surface area contributed by atoms with Gasteiger partial charge in [0.2, 0.25) is 0 Å². The van der Waals surface area contributed by atoms with E-state index in [1.165, 1.54) is 45.2 Å². The van der Waals surface area contributed by atoms with Gasteiger partial charge in [-0.3, -0.25) is 0 Å². The molecule has 1 aromatic rings. The first-order valence-electron chi connectivity index (χ1n) is 8.69. The smallest absolute Gasteiger partial charge is 0.0827 e. The van der Waals surface area contributed by atoms with Crippen LogP contribution in [0, 0.1) is 17.8 Å². The highest BCUT2D eigenvalue weighted by molar-refractivity contribution is 5.17. The Hall–Kier alpha value is -0.860. The summed E-state index contributed by atoms with van der Waals surface area (Å²) < 4.78 is 0. The molecular weight excluding hydrogens is 258 g/mol. The molecule has 1 heterocycles. The molecule has 2 aliphatic rings. The van der Waals surface area contributed by atoms with Crippen LogP contribution in [0.5, 0.6) is 0 Å². The molecule has 3 rings (SSSR count). The third-order valence-corrected chi connectivity index (χ3v) is 5.60. The molecule has 1 saturated heterocycles. The Morgan fingerprint density at radius 2 is 1.81 bits per heavy atom. The number of aliphatic hydroxyl groups excluding tert-OH is 1. The van der Waals surface area contributed by atoms with Crippen LogP contribution in [-0.4, -0.2) is 29.6 Å². The lowest BCUT2D eigenvalue weighted by Crippen LogP contribution is -2.44. The Balaban J connectivity index is 1.54. The van der Waals surface area contributed by atoms with Gasteiger partial charge in [-0.15, -0.1) is 0 Å². The molecule has 116 valence electrons. The number of hydrogen-bond acceptors (Lipinski definition) is 2. The van der Waals surface area contributed by atoms with Crippen LogP contribution < -0.4 is 0 Å². The van der Waals surface area contributed by atoms with Gasteiger partial charge in [0.25, 0.3) is 0 Å². The van der Waals surface area contributed by atoms with E-state index >= 15 is 0 Å². The fraction of sp³-hybridized carbons (Fsp3) is 0.684. The molecule has 2 fully saturated rings. The van der Waals surface area contributed by atoms with E-state index in [0.717, 1.165) is 23.9 Å². The zero-order chi connectivity index (χ0) is 14.7. The third kappa shape index (κ3) is 3.67. The maximum absolute atomic E-state index is 10.5. The maximum atomic E-state index is 10.5. The number of likely N-dealkylation sites (tertiary alicyclic amines) is 1. The molecule has 1 N–H and O–H groups in total. The molecule has 4 unspecified atom stereocenters. The predicted octanol–water partition coefficient (Wildman–Crippen LogP) is 3.87. The lowest BCUT2D eigenvalue weighted by molar-refractivity contribution is 0.0439. The van der Waals surface area contributed by atoms with Crippen molar-refractivity contribution in [3.63, 3.8) is 0 Å². The summed E-state index contributed by atoms with van der Waals surface area (Å²) in [5.74, 6) is 2.21. The average molecular weight is 287 g/mol. The van der Waals surface area contributed by atoms with Gasteiger partial charge in [-0.05, 0) is 42.7 Å². The van der Waals surface area contributed by atoms with E-state index in [0.29, 0.717) is 5.92 Å². The fourth-order valence-electron chi connectivity index (χ4n) is 4.33. The van der Waals surface area contributed by atoms with Gasteiger partial charge in [0.15, 0.2) is 0 Å². The van der Waals surface area contributed by atoms with Gasteiger partial charge in [-0.1, -0.05) is 56.5 Å². The first-order chi connectivity index (χ1) is 10.2. The van der Waals surface area contributed by atoms with Crippen LogP contribution in [-0.2, 0) is 0 Å². The standard InChI is InChI=1S/C19H29NO/c1-15(19(21)17-8-3-2-4-9-17)13-20-12-11-16-7-5-6-10-18(16)14-20/h2-4,8-9,15-16,18-19,21H,5-7,10-14H2,1H3. The Bertz CT molecular complexity index is 432. The zero-order valence-electron chi connectivity index (χ0n) is 13.2. The van der Waals surface area contributed by atoms with E-state index in [2.05, 4.69) is 11.8 Å². The van der Waals surface area contributed by atoms with E-state index in [1.54, 1.807) is 0 Å². The van der Waals surface area contributed by atoms with Crippen LogP contribution in [0.2, 0.25) is 0 Å². The molecule has 0 bridgehead atoms. The lowest BCUT2D eigenvalue weighted by Gasteiger charge is -2.42. The summed E-state index contributed by atoms with van der Waals surface area (Å²) in [6, 6.07) is 10.1. The molecule has 0 amide bonds. The van der Waals surface area contributed by atoms with Gasteiger partial charge in [-0.25, -0.2) is 0 Å². The summed E-state index contributed by atoms with van der Waals surface area (Å²) in [5.41, 5.74) is 1.05. The highest BCUT2D eigenvalue weighted by Crippen LogP contribution is 2.36. The van der Waals surface area contributed by atoms with Crippen LogP contribution in [0.25, 0.3) is 0 Å². The minimum Gasteiger partial charge on any atom is -0.388 e. The molecule has 0 aromatic heterocycles. The molecule has 0 spiro atoms. The fourth-order valence-corrected chi connectivity index (χ4v) is 4.33. The monoisotopic (exact) mass is 287 g/mol. The van der Waals surface area contributed by atoms with Crippen molar-refractivity contribution in [2.75, 3.05) is 19.6 Å². The summed E-state index contributed by atoms with van der Waals surface area (Å²) in [6.07, 6.45) is 6.80. The second-order valence-electron chi connectivity index (χ2n) is 7.19. The molecule has 0 radical (unpaired) electrons. The van der Waals surface area contributed by atoms with E-state index in [1.807, 2.05) is 30.3 Å². The number of aliphatic hydroxyl groups is 1. The molecule has 2 heteroatoms. The molecular formula is C19H29NO. The maximum Gasteiger partial charge on any atom is 0.0827 e. The highest BCUT2D eigenvalue weighted by atomic mass is 16.3. The van der Waals surface area contributed by atoms with Crippen LogP contribution in [0.3, 0.4) is 0 Å². The van der Waals surface area contributed by atoms with Gasteiger partial charge in [0.05, 0.1) is 6.10 Å². The summed E-state index contributed by atoms with van der Waals surface area (Å²) in [5, 5.41) is 10.5. The van der Waals surface area contributed by atoms with E-state index < -0.39 is 0 Å². The van der Waals surface area contributed by atoms with Gasteiger partial charge in [0, 0.05) is 13.1 Å². The van der Waals surface area contributed by atoms with E-state index in [4.69, 9.17) is 0 Å². The van der Waals surface area contributed by atoms with Crippen LogP contribution in [0.15, 0.2) is 30.3 Å². The number of benzene rings is 1. The van der Waals surface area contributed by atoms with Gasteiger partial charge in [-0.2, -0.15) is 0 Å². The number of nitrogens with zero attached hydrogens (tertiary/aromatic N) is 1. The number of hydrogen-bond donors (Lipinski definition) is 1. The van der Waals surface area contributed by atoms with Crippen molar-refractivity contribution in [2.45, 2.75) is 45.1 Å². The highest BCUT2D eigenvalue weighted by Gasteiger charge is 2.32. The van der Waals surface area contributed by atoms with Crippen molar-refractivity contribution in [1.82, 2.24) is 4.90 Å².